The van der Waals surface area contributed by atoms with Crippen molar-refractivity contribution in [3.63, 3.8) is 0 Å². The van der Waals surface area contributed by atoms with E-state index in [1.807, 2.05) is 48.1 Å². The third-order valence-corrected chi connectivity index (χ3v) is 2.30. The summed E-state index contributed by atoms with van der Waals surface area (Å²) in [5.41, 5.74) is 7.73. The Bertz CT molecular complexity index is 486. The molecule has 2 aromatic rings. The van der Waals surface area contributed by atoms with Crippen molar-refractivity contribution in [2.75, 3.05) is 0 Å². The molecule has 1 heterocycles. The van der Waals surface area contributed by atoms with Crippen LogP contribution in [-0.2, 0) is 0 Å². The molecule has 0 saturated heterocycles. The van der Waals surface area contributed by atoms with Gasteiger partial charge in [-0.25, -0.2) is 0 Å². The highest BCUT2D eigenvalue weighted by atomic mass is 16.1. The van der Waals surface area contributed by atoms with Crippen LogP contribution in [0.25, 0.3) is 5.69 Å². The van der Waals surface area contributed by atoms with Crippen molar-refractivity contribution in [2.45, 2.75) is 6.92 Å². The van der Waals surface area contributed by atoms with Gasteiger partial charge in [0.25, 0.3) is 5.91 Å². The van der Waals surface area contributed by atoms with Gasteiger partial charge in [-0.3, -0.25) is 4.79 Å². The number of carbonyl (C=O) groups is 1. The molecule has 1 amide bonds. The summed E-state index contributed by atoms with van der Waals surface area (Å²) < 4.78 is 1.87. The van der Waals surface area contributed by atoms with Crippen molar-refractivity contribution in [1.82, 2.24) is 4.57 Å². The van der Waals surface area contributed by atoms with Gasteiger partial charge in [0.15, 0.2) is 0 Å². The minimum atomic E-state index is -0.401. The Balaban J connectivity index is 2.61. The van der Waals surface area contributed by atoms with Gasteiger partial charge in [-0.15, -0.1) is 0 Å². The van der Waals surface area contributed by atoms with Crippen molar-refractivity contribution < 1.29 is 4.79 Å². The third kappa shape index (κ3) is 1.76. The van der Waals surface area contributed by atoms with Gasteiger partial charge in [0.2, 0.25) is 0 Å². The Labute approximate surface area is 88.1 Å². The van der Waals surface area contributed by atoms with Gasteiger partial charge in [-0.1, -0.05) is 11.6 Å². The van der Waals surface area contributed by atoms with E-state index >= 15 is 0 Å². The van der Waals surface area contributed by atoms with Crippen LogP contribution in [0.5, 0.6) is 0 Å². The second kappa shape index (κ2) is 3.61. The predicted octanol–water partition coefficient (Wildman–Crippen LogP) is 1.88. The lowest BCUT2D eigenvalue weighted by Crippen LogP contribution is -2.14. The summed E-state index contributed by atoms with van der Waals surface area (Å²) in [5.74, 6) is -0.401. The van der Waals surface area contributed by atoms with Gasteiger partial charge >= 0.3 is 0 Å². The van der Waals surface area contributed by atoms with E-state index in [0.717, 1.165) is 11.3 Å². The molecule has 1 aromatic carbocycles. The molecule has 0 aliphatic carbocycles. The molecule has 0 spiro atoms. The molecule has 76 valence electrons. The predicted molar refractivity (Wildman–Crippen MR) is 59.0 cm³/mol. The molecule has 3 heteroatoms. The number of nitrogens with two attached hydrogens (primary N) is 1. The average Bonchev–Trinajstić information content (AvgIpc) is 2.70. The zero-order valence-electron chi connectivity index (χ0n) is 8.47. The molecule has 15 heavy (non-hydrogen) atoms. The topological polar surface area (TPSA) is 48.0 Å². The maximum absolute atomic E-state index is 11.3. The standard InChI is InChI=1S/C12H12N2O/c1-9-4-5-11(10(8-9)12(13)15)14-6-2-3-7-14/h2-8H,1H3,(H2,13,15). The first kappa shape index (κ1) is 9.52. The molecule has 2 N–H and O–H groups in total. The van der Waals surface area contributed by atoms with Crippen LogP contribution in [0.15, 0.2) is 42.7 Å². The van der Waals surface area contributed by atoms with Crippen LogP contribution in [0.3, 0.4) is 0 Å². The number of aromatic nitrogens is 1. The maximum atomic E-state index is 11.3. The van der Waals surface area contributed by atoms with Gasteiger partial charge in [0, 0.05) is 12.4 Å². The number of aryl methyl sites for hydroxylation is 1. The molecule has 3 nitrogen and oxygen atoms in total. The first-order valence-electron chi connectivity index (χ1n) is 4.72. The fourth-order valence-corrected chi connectivity index (χ4v) is 1.57. The second-order valence-electron chi connectivity index (χ2n) is 3.48. The van der Waals surface area contributed by atoms with Crippen LogP contribution in [-0.4, -0.2) is 10.5 Å². The van der Waals surface area contributed by atoms with Crippen molar-refractivity contribution in [2.24, 2.45) is 5.73 Å². The summed E-state index contributed by atoms with van der Waals surface area (Å²) in [6.45, 7) is 1.94. The second-order valence-corrected chi connectivity index (χ2v) is 3.48. The zero-order valence-corrected chi connectivity index (χ0v) is 8.47. The molecule has 1 aromatic heterocycles. The van der Waals surface area contributed by atoms with Gasteiger partial charge in [0.1, 0.15) is 0 Å². The zero-order chi connectivity index (χ0) is 10.8. The van der Waals surface area contributed by atoms with Gasteiger partial charge < -0.3 is 10.3 Å². The Morgan fingerprint density at radius 3 is 2.53 bits per heavy atom. The number of nitrogens with zero attached hydrogens (tertiary/aromatic N) is 1. The number of hydrogen-bond acceptors (Lipinski definition) is 1. The Kier molecular flexibility index (Phi) is 2.29. The maximum Gasteiger partial charge on any atom is 0.250 e. The number of benzene rings is 1. The smallest absolute Gasteiger partial charge is 0.250 e. The highest BCUT2D eigenvalue weighted by Gasteiger charge is 2.08. The number of hydrogen-bond donors (Lipinski definition) is 1. The average molecular weight is 200 g/mol. The van der Waals surface area contributed by atoms with Crippen LogP contribution >= 0.6 is 0 Å². The third-order valence-electron chi connectivity index (χ3n) is 2.30. The molecule has 0 unspecified atom stereocenters. The molecule has 0 saturated carbocycles. The van der Waals surface area contributed by atoms with Gasteiger partial charge in [-0.05, 0) is 31.2 Å². The highest BCUT2D eigenvalue weighted by molar-refractivity contribution is 5.96. The Hall–Kier alpha value is -2.03. The van der Waals surface area contributed by atoms with E-state index in [0.29, 0.717) is 5.56 Å². The normalized spacial score (nSPS) is 10.2. The highest BCUT2D eigenvalue weighted by Crippen LogP contribution is 2.16. The van der Waals surface area contributed by atoms with E-state index < -0.39 is 5.91 Å². The first-order valence-corrected chi connectivity index (χ1v) is 4.72. The lowest BCUT2D eigenvalue weighted by Gasteiger charge is -2.08. The van der Waals surface area contributed by atoms with E-state index in [2.05, 4.69) is 0 Å². The minimum absolute atomic E-state index is 0.401. The van der Waals surface area contributed by atoms with E-state index in [9.17, 15) is 4.79 Å². The first-order chi connectivity index (χ1) is 7.18. The lowest BCUT2D eigenvalue weighted by molar-refractivity contribution is 0.1000. The molecule has 0 atom stereocenters. The SMILES string of the molecule is Cc1ccc(-n2cccc2)c(C(N)=O)c1. The van der Waals surface area contributed by atoms with E-state index in [1.54, 1.807) is 6.07 Å². The molecule has 0 aliphatic rings. The summed E-state index contributed by atoms with van der Waals surface area (Å²) in [5, 5.41) is 0. The number of rotatable bonds is 2. The molecule has 0 bridgehead atoms. The molecule has 0 radical (unpaired) electrons. The van der Waals surface area contributed by atoms with Crippen molar-refractivity contribution in [1.29, 1.82) is 0 Å². The quantitative estimate of drug-likeness (QED) is 0.790. The van der Waals surface area contributed by atoms with Crippen LogP contribution in [0.1, 0.15) is 15.9 Å². The summed E-state index contributed by atoms with van der Waals surface area (Å²) in [4.78, 5) is 11.3. The number of amides is 1. The van der Waals surface area contributed by atoms with E-state index in [-0.39, 0.29) is 0 Å². The fraction of sp³-hybridized carbons (Fsp3) is 0.0833. The van der Waals surface area contributed by atoms with Crippen molar-refractivity contribution in [3.8, 4) is 5.69 Å². The molecule has 2 rings (SSSR count). The van der Waals surface area contributed by atoms with Gasteiger partial charge in [0.05, 0.1) is 11.3 Å². The van der Waals surface area contributed by atoms with E-state index in [4.69, 9.17) is 5.73 Å². The largest absolute Gasteiger partial charge is 0.366 e. The molecule has 0 aliphatic heterocycles. The minimum Gasteiger partial charge on any atom is -0.366 e. The number of carbonyl (C=O) groups excluding carboxylic acids is 1. The monoisotopic (exact) mass is 200 g/mol. The summed E-state index contributed by atoms with van der Waals surface area (Å²) in [6, 6.07) is 9.48. The molecular weight excluding hydrogens is 188 g/mol. The van der Waals surface area contributed by atoms with Crippen molar-refractivity contribution in [3.05, 3.63) is 53.9 Å². The van der Waals surface area contributed by atoms with E-state index in [1.165, 1.54) is 0 Å². The summed E-state index contributed by atoms with van der Waals surface area (Å²) in [6.07, 6.45) is 3.77. The summed E-state index contributed by atoms with van der Waals surface area (Å²) in [7, 11) is 0. The van der Waals surface area contributed by atoms with Gasteiger partial charge in [-0.2, -0.15) is 0 Å². The Morgan fingerprint density at radius 2 is 1.93 bits per heavy atom. The lowest BCUT2D eigenvalue weighted by atomic mass is 10.1. The van der Waals surface area contributed by atoms with Crippen LogP contribution in [0.2, 0.25) is 0 Å². The number of primary amides is 1. The Morgan fingerprint density at radius 1 is 1.27 bits per heavy atom. The molecule has 0 fully saturated rings. The fourth-order valence-electron chi connectivity index (χ4n) is 1.57. The molecular formula is C12H12N2O. The van der Waals surface area contributed by atoms with Crippen LogP contribution in [0.4, 0.5) is 0 Å². The van der Waals surface area contributed by atoms with Crippen molar-refractivity contribution >= 4 is 5.91 Å². The summed E-state index contributed by atoms with van der Waals surface area (Å²) >= 11 is 0. The van der Waals surface area contributed by atoms with Crippen LogP contribution < -0.4 is 5.73 Å². The van der Waals surface area contributed by atoms with Crippen LogP contribution in [0, 0.1) is 6.92 Å².